The number of hydrogen-bond acceptors (Lipinski definition) is 8. The summed E-state index contributed by atoms with van der Waals surface area (Å²) in [6.07, 6.45) is 4.89. The second-order valence-corrected chi connectivity index (χ2v) is 15.1. The van der Waals surface area contributed by atoms with Gasteiger partial charge in [0.2, 0.25) is 0 Å². The summed E-state index contributed by atoms with van der Waals surface area (Å²) in [5, 5.41) is 0.732. The van der Waals surface area contributed by atoms with E-state index in [0.717, 1.165) is 49.1 Å². The lowest BCUT2D eigenvalue weighted by Crippen LogP contribution is -2.37. The minimum absolute atomic E-state index is 0.0170. The number of carbonyl (C=O) groups is 1. The summed E-state index contributed by atoms with van der Waals surface area (Å²) >= 11 is 0. The number of aryl methyl sites for hydroxylation is 1. The van der Waals surface area contributed by atoms with Crippen LogP contribution in [-0.2, 0) is 26.3 Å². The van der Waals surface area contributed by atoms with Crippen molar-refractivity contribution < 1.29 is 39.5 Å². The molecule has 2 N–H and O–H groups in total. The van der Waals surface area contributed by atoms with Crippen molar-refractivity contribution in [3.05, 3.63) is 72.1 Å². The Hall–Kier alpha value is -4.11. The van der Waals surface area contributed by atoms with Crippen LogP contribution in [-0.4, -0.2) is 51.3 Å². The van der Waals surface area contributed by atoms with Gasteiger partial charge in [0, 0.05) is 36.4 Å². The Morgan fingerprint density at radius 1 is 1.04 bits per heavy atom. The van der Waals surface area contributed by atoms with Crippen LogP contribution in [0, 0.1) is 5.41 Å². The van der Waals surface area contributed by atoms with Gasteiger partial charge >= 0.3 is 5.51 Å². The number of aromatic nitrogens is 2. The molecule has 1 aliphatic heterocycles. The summed E-state index contributed by atoms with van der Waals surface area (Å²) in [5.74, 6) is -0.844. The zero-order valence-electron chi connectivity index (χ0n) is 24.6. The Bertz CT molecular complexity index is 1980. The number of nitrogens with one attached hydrogen (secondary N) is 2. The summed E-state index contributed by atoms with van der Waals surface area (Å²) in [5.41, 5.74) is -4.53. The van der Waals surface area contributed by atoms with Gasteiger partial charge in [0.1, 0.15) is 17.1 Å². The second kappa shape index (κ2) is 11.7. The number of rotatable bonds is 8. The van der Waals surface area contributed by atoms with Crippen LogP contribution < -0.4 is 14.4 Å². The van der Waals surface area contributed by atoms with Crippen LogP contribution in [0.5, 0.6) is 11.5 Å². The van der Waals surface area contributed by atoms with E-state index in [9.17, 15) is 34.8 Å². The van der Waals surface area contributed by atoms with Crippen LogP contribution in [0.15, 0.2) is 70.7 Å². The number of hydrogen-bond donors (Lipinski definition) is 2. The number of pyridine rings is 1. The number of piperidine rings is 1. The summed E-state index contributed by atoms with van der Waals surface area (Å²) < 4.78 is 98.9. The smallest absolute Gasteiger partial charge is 0.455 e. The van der Waals surface area contributed by atoms with Crippen LogP contribution in [0.1, 0.15) is 49.5 Å². The van der Waals surface area contributed by atoms with Crippen molar-refractivity contribution in [2.75, 3.05) is 18.0 Å². The normalized spacial score (nSPS) is 15.6. The Kier molecular flexibility index (Phi) is 8.38. The average molecular weight is 665 g/mol. The number of benzene rings is 2. The topological polar surface area (TPSA) is 139 Å². The SMILES string of the molecule is CCc1ccc(S(=O)(=O)NC(=O)c2ccc(N3CCC(C)(C)CC3)cc2Oc2cnc3[nH]ccc3c2)cc1S(=O)(=O)C(F)(F)F. The van der Waals surface area contributed by atoms with Crippen molar-refractivity contribution >= 4 is 42.5 Å². The number of ether oxygens (including phenoxy) is 1. The molecule has 1 saturated heterocycles. The molecule has 1 amide bonds. The lowest BCUT2D eigenvalue weighted by Gasteiger charge is -2.38. The van der Waals surface area contributed by atoms with Gasteiger partial charge in [-0.15, -0.1) is 0 Å². The third-order valence-electron chi connectivity index (χ3n) is 7.85. The highest BCUT2D eigenvalue weighted by atomic mass is 32.2. The zero-order valence-corrected chi connectivity index (χ0v) is 26.2. The van der Waals surface area contributed by atoms with E-state index in [1.165, 1.54) is 19.2 Å². The number of H-pyrrole nitrogens is 1. The molecule has 10 nitrogen and oxygen atoms in total. The fraction of sp³-hybridized carbons (Fsp3) is 0.333. The van der Waals surface area contributed by atoms with E-state index in [1.54, 1.807) is 30.5 Å². The number of carbonyl (C=O) groups excluding carboxylic acids is 1. The minimum atomic E-state index is -5.87. The molecular weight excluding hydrogens is 633 g/mol. The fourth-order valence-corrected chi connectivity index (χ4v) is 7.21. The van der Waals surface area contributed by atoms with E-state index in [-0.39, 0.29) is 34.5 Å². The molecule has 240 valence electrons. The number of sulfonamides is 1. The van der Waals surface area contributed by atoms with Gasteiger partial charge in [0.05, 0.1) is 21.6 Å². The first-order valence-electron chi connectivity index (χ1n) is 14.0. The standard InChI is InChI=1S/C30H31F3N4O6S2/c1-4-19-5-7-23(17-26(19)44(39,40)30(31,32)33)45(41,42)36-28(38)24-8-6-21(37-13-10-29(2,3)11-14-37)16-25(24)43-22-15-20-9-12-34-27(20)35-18-22/h5-9,12,15-18H,4,10-11,13-14H2,1-3H3,(H,34,35)(H,36,38). The predicted octanol–water partition coefficient (Wildman–Crippen LogP) is 5.96. The van der Waals surface area contributed by atoms with Gasteiger partial charge in [-0.1, -0.05) is 26.8 Å². The van der Waals surface area contributed by atoms with Crippen LogP contribution in [0.4, 0.5) is 18.9 Å². The van der Waals surface area contributed by atoms with Crippen molar-refractivity contribution in [3.8, 4) is 11.5 Å². The molecule has 0 radical (unpaired) electrons. The monoisotopic (exact) mass is 664 g/mol. The van der Waals surface area contributed by atoms with Crippen LogP contribution in [0.25, 0.3) is 11.0 Å². The van der Waals surface area contributed by atoms with E-state index in [2.05, 4.69) is 28.7 Å². The number of fused-ring (bicyclic) bond motifs is 1. The predicted molar refractivity (Wildman–Crippen MR) is 162 cm³/mol. The third kappa shape index (κ3) is 6.64. The second-order valence-electron chi connectivity index (χ2n) is 11.5. The highest BCUT2D eigenvalue weighted by Gasteiger charge is 2.48. The highest BCUT2D eigenvalue weighted by Crippen LogP contribution is 2.37. The van der Waals surface area contributed by atoms with Crippen molar-refractivity contribution in [1.82, 2.24) is 14.7 Å². The van der Waals surface area contributed by atoms with Crippen molar-refractivity contribution in [2.24, 2.45) is 5.41 Å². The van der Waals surface area contributed by atoms with Gasteiger partial charge in [0.15, 0.2) is 0 Å². The van der Waals surface area contributed by atoms with Gasteiger partial charge in [-0.3, -0.25) is 4.79 Å². The molecule has 15 heteroatoms. The largest absolute Gasteiger partial charge is 0.501 e. The van der Waals surface area contributed by atoms with Crippen LogP contribution in [0.2, 0.25) is 0 Å². The molecule has 5 rings (SSSR count). The molecular formula is C30H31F3N4O6S2. The Labute approximate surface area is 258 Å². The number of anilines is 1. The molecule has 0 unspecified atom stereocenters. The molecule has 45 heavy (non-hydrogen) atoms. The maximum absolute atomic E-state index is 13.4. The van der Waals surface area contributed by atoms with Gasteiger partial charge in [-0.25, -0.2) is 26.5 Å². The number of nitrogens with zero attached hydrogens (tertiary/aromatic N) is 2. The minimum Gasteiger partial charge on any atom is -0.455 e. The van der Waals surface area contributed by atoms with Crippen LogP contribution in [0.3, 0.4) is 0 Å². The number of sulfone groups is 1. The summed E-state index contributed by atoms with van der Waals surface area (Å²) in [4.78, 5) is 20.8. The molecule has 3 heterocycles. The lowest BCUT2D eigenvalue weighted by atomic mass is 9.82. The van der Waals surface area contributed by atoms with Crippen molar-refractivity contribution in [3.63, 3.8) is 0 Å². The highest BCUT2D eigenvalue weighted by molar-refractivity contribution is 7.92. The van der Waals surface area contributed by atoms with E-state index in [4.69, 9.17) is 4.74 Å². The Morgan fingerprint density at radius 3 is 2.42 bits per heavy atom. The van der Waals surface area contributed by atoms with Gasteiger partial charge in [0.25, 0.3) is 25.8 Å². The first-order valence-corrected chi connectivity index (χ1v) is 17.0. The molecule has 4 aromatic rings. The van der Waals surface area contributed by atoms with Gasteiger partial charge in [-0.05, 0) is 66.6 Å². The molecule has 0 bridgehead atoms. The van der Waals surface area contributed by atoms with E-state index >= 15 is 0 Å². The first kappa shape index (κ1) is 32.3. The fourth-order valence-electron chi connectivity index (χ4n) is 5.06. The van der Waals surface area contributed by atoms with Crippen molar-refractivity contribution in [1.29, 1.82) is 0 Å². The lowest BCUT2D eigenvalue weighted by molar-refractivity contribution is -0.0436. The first-order chi connectivity index (χ1) is 21.0. The van der Waals surface area contributed by atoms with E-state index < -0.39 is 41.1 Å². The summed E-state index contributed by atoms with van der Waals surface area (Å²) in [6.45, 7) is 7.31. The molecule has 2 aromatic carbocycles. The zero-order chi connectivity index (χ0) is 32.8. The molecule has 0 spiro atoms. The molecule has 1 aliphatic rings. The maximum Gasteiger partial charge on any atom is 0.501 e. The third-order valence-corrected chi connectivity index (χ3v) is 10.7. The van der Waals surface area contributed by atoms with Gasteiger partial charge < -0.3 is 14.6 Å². The van der Waals surface area contributed by atoms with Crippen LogP contribution >= 0.6 is 0 Å². The Balaban J connectivity index is 1.50. The molecule has 0 atom stereocenters. The molecule has 2 aromatic heterocycles. The number of aromatic amines is 1. The quantitative estimate of drug-likeness (QED) is 0.236. The average Bonchev–Trinajstić information content (AvgIpc) is 3.44. The van der Waals surface area contributed by atoms with E-state index in [0.29, 0.717) is 11.7 Å². The maximum atomic E-state index is 13.4. The molecule has 0 aliphatic carbocycles. The van der Waals surface area contributed by atoms with E-state index in [1.807, 2.05) is 4.72 Å². The molecule has 1 fully saturated rings. The Morgan fingerprint density at radius 2 is 1.76 bits per heavy atom. The van der Waals surface area contributed by atoms with Crippen molar-refractivity contribution in [2.45, 2.75) is 55.3 Å². The number of amides is 1. The number of halogens is 3. The number of alkyl halides is 3. The van der Waals surface area contributed by atoms with Gasteiger partial charge in [-0.2, -0.15) is 13.2 Å². The molecule has 0 saturated carbocycles. The summed E-state index contributed by atoms with van der Waals surface area (Å²) in [7, 11) is -10.7. The summed E-state index contributed by atoms with van der Waals surface area (Å²) in [6, 6.07) is 10.5.